The van der Waals surface area contributed by atoms with Crippen LogP contribution in [-0.2, 0) is 16.2 Å². The Morgan fingerprint density at radius 2 is 2.00 bits per heavy atom. The minimum absolute atomic E-state index is 0.379. The van der Waals surface area contributed by atoms with Crippen LogP contribution in [0.3, 0.4) is 0 Å². The van der Waals surface area contributed by atoms with E-state index in [0.29, 0.717) is 11.5 Å². The predicted octanol–water partition coefficient (Wildman–Crippen LogP) is 4.08. The molecule has 1 aromatic carbocycles. The monoisotopic (exact) mass is 261 g/mol. The maximum Gasteiger partial charge on any atom is 0.373 e. The first-order valence-corrected chi connectivity index (χ1v) is 7.04. The van der Waals surface area contributed by atoms with Crippen LogP contribution in [-0.4, -0.2) is 5.97 Å². The molecule has 0 aliphatic heterocycles. The molecule has 1 unspecified atom stereocenters. The van der Waals surface area contributed by atoms with Gasteiger partial charge in [-0.15, -0.1) is 0 Å². The van der Waals surface area contributed by atoms with E-state index in [4.69, 9.17) is 9.78 Å². The fourth-order valence-electron chi connectivity index (χ4n) is 2.30. The highest BCUT2D eigenvalue weighted by Gasteiger charge is 2.25. The molecule has 1 saturated carbocycles. The molecule has 3 heteroatoms. The minimum Gasteiger partial charge on any atom is -0.292 e. The first-order valence-electron chi connectivity index (χ1n) is 7.04. The van der Waals surface area contributed by atoms with Gasteiger partial charge in [0.1, 0.15) is 0 Å². The lowest BCUT2D eigenvalue weighted by Gasteiger charge is -2.25. The van der Waals surface area contributed by atoms with E-state index in [1.807, 2.05) is 12.1 Å². The van der Waals surface area contributed by atoms with Crippen molar-refractivity contribution in [1.82, 2.24) is 0 Å². The van der Waals surface area contributed by atoms with Crippen molar-refractivity contribution in [2.45, 2.75) is 46.0 Å². The van der Waals surface area contributed by atoms with E-state index in [1.54, 1.807) is 12.1 Å². The Morgan fingerprint density at radius 3 is 2.63 bits per heavy atom. The van der Waals surface area contributed by atoms with Crippen molar-refractivity contribution in [3.8, 4) is 0 Å². The van der Waals surface area contributed by atoms with Crippen LogP contribution in [0.25, 0.3) is 0 Å². The van der Waals surface area contributed by atoms with Crippen LogP contribution in [0, 0.1) is 12.0 Å². The van der Waals surface area contributed by atoms with Crippen LogP contribution in [0.2, 0.25) is 0 Å². The number of hydrogen-bond acceptors (Lipinski definition) is 3. The maximum atomic E-state index is 11.8. The lowest BCUT2D eigenvalue weighted by Crippen LogP contribution is -2.19. The zero-order chi connectivity index (χ0) is 13.7. The van der Waals surface area contributed by atoms with Gasteiger partial charge in [0.15, 0.2) is 6.10 Å². The number of carbonyl (C=O) groups is 1. The van der Waals surface area contributed by atoms with Gasteiger partial charge in [0.2, 0.25) is 0 Å². The molecule has 1 fully saturated rings. The molecule has 0 spiro atoms. The molecule has 3 nitrogen and oxygen atoms in total. The van der Waals surface area contributed by atoms with Crippen molar-refractivity contribution in [1.29, 1.82) is 0 Å². The zero-order valence-electron chi connectivity index (χ0n) is 11.6. The molecule has 0 heterocycles. The van der Waals surface area contributed by atoms with Gasteiger partial charge in [-0.3, -0.25) is 4.89 Å². The lowest BCUT2D eigenvalue weighted by molar-refractivity contribution is -0.246. The molecular formula is C16H21O3. The molecular weight excluding hydrogens is 240 g/mol. The first kappa shape index (κ1) is 14.1. The minimum atomic E-state index is -0.423. The van der Waals surface area contributed by atoms with Crippen molar-refractivity contribution < 1.29 is 14.6 Å². The van der Waals surface area contributed by atoms with Crippen LogP contribution in [0.15, 0.2) is 24.3 Å². The molecule has 0 bridgehead atoms. The van der Waals surface area contributed by atoms with Gasteiger partial charge in [0.05, 0.1) is 5.56 Å². The molecule has 103 valence electrons. The van der Waals surface area contributed by atoms with Crippen LogP contribution < -0.4 is 0 Å². The highest BCUT2D eigenvalue weighted by atomic mass is 17.2. The van der Waals surface area contributed by atoms with Gasteiger partial charge in [-0.2, -0.15) is 4.89 Å². The topological polar surface area (TPSA) is 35.5 Å². The predicted molar refractivity (Wildman–Crippen MR) is 73.2 cm³/mol. The number of benzene rings is 1. The Bertz CT molecular complexity index is 411. The lowest BCUT2D eigenvalue weighted by atomic mass is 9.88. The molecule has 0 amide bonds. The van der Waals surface area contributed by atoms with E-state index in [0.717, 1.165) is 31.8 Å². The fraction of sp³-hybridized carbons (Fsp3) is 0.500. The van der Waals surface area contributed by atoms with E-state index in [1.165, 1.54) is 12.0 Å². The smallest absolute Gasteiger partial charge is 0.292 e. The highest BCUT2D eigenvalue weighted by Crippen LogP contribution is 2.32. The SMILES string of the molecule is CCc1ccc(C(=O)OO[C]2CCCCC2C)cc1. The van der Waals surface area contributed by atoms with Crippen molar-refractivity contribution in [3.05, 3.63) is 41.5 Å². The summed E-state index contributed by atoms with van der Waals surface area (Å²) in [5, 5.41) is 0. The van der Waals surface area contributed by atoms with Crippen molar-refractivity contribution in [3.63, 3.8) is 0 Å². The van der Waals surface area contributed by atoms with Crippen molar-refractivity contribution >= 4 is 5.97 Å². The summed E-state index contributed by atoms with van der Waals surface area (Å²) in [5.41, 5.74) is 1.73. The Hall–Kier alpha value is -1.35. The van der Waals surface area contributed by atoms with Gasteiger partial charge < -0.3 is 0 Å². The summed E-state index contributed by atoms with van der Waals surface area (Å²) < 4.78 is 0. The molecule has 1 aromatic rings. The molecule has 1 aliphatic rings. The van der Waals surface area contributed by atoms with Crippen LogP contribution >= 0.6 is 0 Å². The number of rotatable bonds is 4. The number of hydrogen-bond donors (Lipinski definition) is 0. The van der Waals surface area contributed by atoms with Gasteiger partial charge in [-0.25, -0.2) is 4.79 Å². The molecule has 1 radical (unpaired) electrons. The Labute approximate surface area is 114 Å². The summed E-state index contributed by atoms with van der Waals surface area (Å²) in [6.07, 6.45) is 6.19. The van der Waals surface area contributed by atoms with Gasteiger partial charge in [0.25, 0.3) is 0 Å². The van der Waals surface area contributed by atoms with Crippen LogP contribution in [0.4, 0.5) is 0 Å². The number of aryl methyl sites for hydroxylation is 1. The van der Waals surface area contributed by atoms with Crippen molar-refractivity contribution in [2.75, 3.05) is 0 Å². The Morgan fingerprint density at radius 1 is 1.26 bits per heavy atom. The summed E-state index contributed by atoms with van der Waals surface area (Å²) in [6, 6.07) is 7.43. The summed E-state index contributed by atoms with van der Waals surface area (Å²) in [5.74, 6) is -0.0445. The van der Waals surface area contributed by atoms with Crippen LogP contribution in [0.5, 0.6) is 0 Å². The van der Waals surface area contributed by atoms with Gasteiger partial charge in [-0.1, -0.05) is 38.8 Å². The average Bonchev–Trinajstić information content (AvgIpc) is 2.46. The normalized spacial score (nSPS) is 20.2. The zero-order valence-corrected chi connectivity index (χ0v) is 11.6. The number of carbonyl (C=O) groups excluding carboxylic acids is 1. The first-order chi connectivity index (χ1) is 9.20. The van der Waals surface area contributed by atoms with Gasteiger partial charge >= 0.3 is 5.97 Å². The third kappa shape index (κ3) is 3.80. The molecule has 0 aromatic heterocycles. The van der Waals surface area contributed by atoms with E-state index in [9.17, 15) is 4.79 Å². The summed E-state index contributed by atoms with van der Waals surface area (Å²) in [4.78, 5) is 22.0. The van der Waals surface area contributed by atoms with E-state index in [-0.39, 0.29) is 0 Å². The van der Waals surface area contributed by atoms with Crippen molar-refractivity contribution in [2.24, 2.45) is 5.92 Å². The summed E-state index contributed by atoms with van der Waals surface area (Å²) in [6.45, 7) is 4.19. The highest BCUT2D eigenvalue weighted by molar-refractivity contribution is 5.88. The molecule has 1 atom stereocenters. The largest absolute Gasteiger partial charge is 0.373 e. The summed E-state index contributed by atoms with van der Waals surface area (Å²) >= 11 is 0. The molecule has 0 N–H and O–H groups in total. The third-order valence-electron chi connectivity index (χ3n) is 3.68. The second-order valence-electron chi connectivity index (χ2n) is 5.12. The fourth-order valence-corrected chi connectivity index (χ4v) is 2.30. The van der Waals surface area contributed by atoms with E-state index in [2.05, 4.69) is 13.8 Å². The Balaban J connectivity index is 1.86. The third-order valence-corrected chi connectivity index (χ3v) is 3.68. The average molecular weight is 261 g/mol. The van der Waals surface area contributed by atoms with Crippen LogP contribution in [0.1, 0.15) is 55.5 Å². The quantitative estimate of drug-likeness (QED) is 0.605. The molecule has 2 rings (SSSR count). The second-order valence-corrected chi connectivity index (χ2v) is 5.12. The molecule has 0 saturated heterocycles. The van der Waals surface area contributed by atoms with E-state index >= 15 is 0 Å². The van der Waals surface area contributed by atoms with Gasteiger partial charge in [-0.05, 0) is 42.9 Å². The summed E-state index contributed by atoms with van der Waals surface area (Å²) in [7, 11) is 0. The second kappa shape index (κ2) is 6.71. The van der Waals surface area contributed by atoms with E-state index < -0.39 is 5.97 Å². The molecule has 19 heavy (non-hydrogen) atoms. The molecule has 1 aliphatic carbocycles. The maximum absolute atomic E-state index is 11.8. The Kier molecular flexibility index (Phi) is 4.97. The van der Waals surface area contributed by atoms with Gasteiger partial charge in [0, 0.05) is 0 Å². The standard InChI is InChI=1S/C16H21O3/c1-3-13-8-10-14(11-9-13)16(17)19-18-15-7-5-4-6-12(15)2/h8-12H,3-7H2,1-2H3.